The molecule has 0 aromatic heterocycles. The van der Waals surface area contributed by atoms with Gasteiger partial charge in [0.05, 0.1) is 0 Å². The molecule has 0 aliphatic carbocycles. The third-order valence-electron chi connectivity index (χ3n) is 4.23. The van der Waals surface area contributed by atoms with Gasteiger partial charge in [-0.25, -0.2) is 0 Å². The van der Waals surface area contributed by atoms with Crippen molar-refractivity contribution >= 4 is 23.4 Å². The summed E-state index contributed by atoms with van der Waals surface area (Å²) in [6.45, 7) is 9.98. The van der Waals surface area contributed by atoms with Crippen molar-refractivity contribution in [1.82, 2.24) is 10.2 Å². The van der Waals surface area contributed by atoms with Crippen molar-refractivity contribution in [3.63, 3.8) is 0 Å². The standard InChI is InChI=1S/C15H25ClN2O2/c1-6-11(4)12-13(19)17-15(5,7-2)14(20)18(12)9-10(3)8-16/h8,11-12H,6-7,9H2,1-5H3,(H,17,19). The summed E-state index contributed by atoms with van der Waals surface area (Å²) in [7, 11) is 0. The number of nitrogens with zero attached hydrogens (tertiary/aromatic N) is 1. The van der Waals surface area contributed by atoms with E-state index in [-0.39, 0.29) is 17.7 Å². The minimum atomic E-state index is -0.812. The number of halogens is 1. The Morgan fingerprint density at radius 2 is 2.10 bits per heavy atom. The van der Waals surface area contributed by atoms with E-state index in [2.05, 4.69) is 5.32 Å². The number of carbonyl (C=O) groups is 2. The molecule has 0 aromatic carbocycles. The van der Waals surface area contributed by atoms with Crippen LogP contribution in [-0.4, -0.2) is 34.8 Å². The van der Waals surface area contributed by atoms with Crippen LogP contribution >= 0.6 is 11.6 Å². The van der Waals surface area contributed by atoms with Gasteiger partial charge in [0.15, 0.2) is 0 Å². The molecular formula is C15H25ClN2O2. The molecule has 1 aliphatic heterocycles. The zero-order valence-corrected chi connectivity index (χ0v) is 13.8. The number of rotatable bonds is 5. The van der Waals surface area contributed by atoms with Crippen LogP contribution < -0.4 is 5.32 Å². The molecule has 0 spiro atoms. The third-order valence-corrected chi connectivity index (χ3v) is 4.60. The maximum Gasteiger partial charge on any atom is 0.249 e. The summed E-state index contributed by atoms with van der Waals surface area (Å²) in [6.07, 6.45) is 1.42. The first-order valence-corrected chi connectivity index (χ1v) is 7.63. The smallest absolute Gasteiger partial charge is 0.249 e. The zero-order valence-electron chi connectivity index (χ0n) is 13.0. The van der Waals surface area contributed by atoms with Gasteiger partial charge < -0.3 is 10.2 Å². The fourth-order valence-electron chi connectivity index (χ4n) is 2.49. The Kier molecular flexibility index (Phi) is 5.63. The van der Waals surface area contributed by atoms with Crippen LogP contribution in [0.1, 0.15) is 47.5 Å². The van der Waals surface area contributed by atoms with Crippen molar-refractivity contribution in [2.75, 3.05) is 6.54 Å². The summed E-state index contributed by atoms with van der Waals surface area (Å²) < 4.78 is 0. The highest BCUT2D eigenvalue weighted by atomic mass is 35.5. The molecule has 1 saturated heterocycles. The molecule has 1 fully saturated rings. The molecule has 0 saturated carbocycles. The maximum absolute atomic E-state index is 12.7. The number of carbonyl (C=O) groups excluding carboxylic acids is 2. The fourth-order valence-corrected chi connectivity index (χ4v) is 2.55. The Morgan fingerprint density at radius 1 is 1.50 bits per heavy atom. The SMILES string of the molecule is CCC(C)C1C(=O)NC(C)(CC)C(=O)N1CC(C)=CCl. The van der Waals surface area contributed by atoms with Crippen LogP contribution in [0.2, 0.25) is 0 Å². The predicted octanol–water partition coefficient (Wildman–Crippen LogP) is 2.67. The molecule has 1 N–H and O–H groups in total. The van der Waals surface area contributed by atoms with Crippen LogP contribution in [0, 0.1) is 5.92 Å². The second-order valence-corrected chi connectivity index (χ2v) is 6.11. The van der Waals surface area contributed by atoms with E-state index in [4.69, 9.17) is 11.6 Å². The lowest BCUT2D eigenvalue weighted by Gasteiger charge is -2.46. The Bertz CT molecular complexity index is 422. The van der Waals surface area contributed by atoms with E-state index in [9.17, 15) is 9.59 Å². The molecule has 5 heteroatoms. The van der Waals surface area contributed by atoms with Gasteiger partial charge in [-0.3, -0.25) is 9.59 Å². The molecule has 3 atom stereocenters. The number of piperazine rings is 1. The highest BCUT2D eigenvalue weighted by Gasteiger charge is 2.48. The quantitative estimate of drug-likeness (QED) is 0.848. The minimum Gasteiger partial charge on any atom is -0.340 e. The molecule has 1 rings (SSSR count). The van der Waals surface area contributed by atoms with E-state index in [1.165, 1.54) is 5.54 Å². The van der Waals surface area contributed by atoms with Gasteiger partial charge in [0, 0.05) is 12.1 Å². The number of hydrogen-bond acceptors (Lipinski definition) is 2. The Morgan fingerprint density at radius 3 is 2.55 bits per heavy atom. The van der Waals surface area contributed by atoms with Crippen molar-refractivity contribution in [1.29, 1.82) is 0 Å². The average Bonchev–Trinajstić information content (AvgIpc) is 2.43. The van der Waals surface area contributed by atoms with E-state index in [0.717, 1.165) is 12.0 Å². The highest BCUT2D eigenvalue weighted by Crippen LogP contribution is 2.27. The minimum absolute atomic E-state index is 0.0252. The van der Waals surface area contributed by atoms with Crippen molar-refractivity contribution in [2.45, 2.75) is 59.0 Å². The molecule has 2 amide bonds. The summed E-state index contributed by atoms with van der Waals surface area (Å²) in [6, 6.07) is -0.418. The molecule has 114 valence electrons. The molecule has 3 unspecified atom stereocenters. The summed E-state index contributed by atoms with van der Waals surface area (Å²) >= 11 is 5.72. The van der Waals surface area contributed by atoms with Gasteiger partial charge in [0.25, 0.3) is 0 Å². The normalized spacial score (nSPS) is 29.4. The van der Waals surface area contributed by atoms with Gasteiger partial charge in [-0.15, -0.1) is 0 Å². The predicted molar refractivity (Wildman–Crippen MR) is 81.4 cm³/mol. The summed E-state index contributed by atoms with van der Waals surface area (Å²) in [5, 5.41) is 2.90. The second kappa shape index (κ2) is 6.61. The average molecular weight is 301 g/mol. The molecule has 0 bridgehead atoms. The lowest BCUT2D eigenvalue weighted by molar-refractivity contribution is -0.156. The second-order valence-electron chi connectivity index (χ2n) is 5.89. The van der Waals surface area contributed by atoms with Gasteiger partial charge >= 0.3 is 0 Å². The first-order valence-electron chi connectivity index (χ1n) is 7.19. The summed E-state index contributed by atoms with van der Waals surface area (Å²) in [5.41, 5.74) is 1.53. The van der Waals surface area contributed by atoms with E-state index >= 15 is 0 Å². The van der Waals surface area contributed by atoms with Crippen LogP contribution in [0.5, 0.6) is 0 Å². The lowest BCUT2D eigenvalue weighted by atomic mass is 9.86. The Labute approximate surface area is 126 Å². The summed E-state index contributed by atoms with van der Waals surface area (Å²) in [4.78, 5) is 26.9. The van der Waals surface area contributed by atoms with E-state index < -0.39 is 11.6 Å². The van der Waals surface area contributed by atoms with Gasteiger partial charge in [-0.05, 0) is 31.8 Å². The van der Waals surface area contributed by atoms with Crippen molar-refractivity contribution in [3.05, 3.63) is 11.1 Å². The fraction of sp³-hybridized carbons (Fsp3) is 0.733. The molecule has 0 aromatic rings. The van der Waals surface area contributed by atoms with E-state index in [1.54, 1.807) is 11.8 Å². The van der Waals surface area contributed by atoms with E-state index in [0.29, 0.717) is 13.0 Å². The summed E-state index contributed by atoms with van der Waals surface area (Å²) in [5.74, 6) is 0.0249. The highest BCUT2D eigenvalue weighted by molar-refractivity contribution is 6.25. The van der Waals surface area contributed by atoms with Crippen LogP contribution in [0.15, 0.2) is 11.1 Å². The Hall–Kier alpha value is -1.03. The van der Waals surface area contributed by atoms with Crippen LogP contribution in [0.4, 0.5) is 0 Å². The van der Waals surface area contributed by atoms with Crippen molar-refractivity contribution in [3.8, 4) is 0 Å². The van der Waals surface area contributed by atoms with E-state index in [1.807, 2.05) is 27.7 Å². The molecule has 20 heavy (non-hydrogen) atoms. The lowest BCUT2D eigenvalue weighted by Crippen LogP contribution is -2.70. The molecular weight excluding hydrogens is 276 g/mol. The molecule has 1 aliphatic rings. The molecule has 0 radical (unpaired) electrons. The van der Waals surface area contributed by atoms with Gasteiger partial charge in [0.2, 0.25) is 11.8 Å². The largest absolute Gasteiger partial charge is 0.340 e. The zero-order chi connectivity index (χ0) is 15.5. The number of nitrogens with one attached hydrogen (secondary N) is 1. The van der Waals surface area contributed by atoms with Crippen LogP contribution in [-0.2, 0) is 9.59 Å². The first kappa shape index (κ1) is 17.0. The van der Waals surface area contributed by atoms with Gasteiger partial charge in [-0.1, -0.05) is 38.8 Å². The van der Waals surface area contributed by atoms with Crippen molar-refractivity contribution in [2.24, 2.45) is 5.92 Å². The van der Waals surface area contributed by atoms with Gasteiger partial charge in [-0.2, -0.15) is 0 Å². The number of hydrogen-bond donors (Lipinski definition) is 1. The van der Waals surface area contributed by atoms with Crippen LogP contribution in [0.25, 0.3) is 0 Å². The third kappa shape index (κ3) is 3.17. The molecule has 4 nitrogen and oxygen atoms in total. The topological polar surface area (TPSA) is 49.4 Å². The first-order chi connectivity index (χ1) is 9.30. The van der Waals surface area contributed by atoms with Crippen LogP contribution in [0.3, 0.4) is 0 Å². The Balaban J connectivity index is 3.16. The maximum atomic E-state index is 12.7. The van der Waals surface area contributed by atoms with Gasteiger partial charge in [0.1, 0.15) is 11.6 Å². The monoisotopic (exact) mass is 300 g/mol. The van der Waals surface area contributed by atoms with Crippen molar-refractivity contribution < 1.29 is 9.59 Å². The molecule has 1 heterocycles. The number of amides is 2.